The number of carbonyl (C=O) groups is 4. The van der Waals surface area contributed by atoms with E-state index in [0.717, 1.165) is 103 Å². The molecule has 0 aliphatic carbocycles. The third-order valence-corrected chi connectivity index (χ3v) is 15.9. The Morgan fingerprint density at radius 1 is 0.831 bits per heavy atom. The van der Waals surface area contributed by atoms with Gasteiger partial charge in [0, 0.05) is 68.4 Å². The molecule has 4 aromatic carbocycles. The van der Waals surface area contributed by atoms with E-state index in [1.165, 1.54) is 22.6 Å². The molecule has 7 aromatic rings. The molecule has 0 bridgehead atoms. The molecule has 71 heavy (non-hydrogen) atoms. The molecule has 3 amide bonds. The maximum absolute atomic E-state index is 13.6. The van der Waals surface area contributed by atoms with Crippen molar-refractivity contribution >= 4 is 72.8 Å². The normalized spacial score (nSPS) is 18.2. The number of likely N-dealkylation sites (tertiary alicyclic amines) is 1. The zero-order valence-corrected chi connectivity index (χ0v) is 40.6. The number of anilines is 3. The number of thiazole rings is 1. The van der Waals surface area contributed by atoms with E-state index < -0.39 is 11.9 Å². The molecule has 3 saturated heterocycles. The number of carboxylic acid groups (broad SMARTS) is 1. The largest absolute Gasteiger partial charge is 0.489 e. The van der Waals surface area contributed by atoms with Gasteiger partial charge < -0.3 is 24.5 Å². The van der Waals surface area contributed by atoms with E-state index in [1.54, 1.807) is 6.07 Å². The zero-order valence-electron chi connectivity index (χ0n) is 39.8. The Labute approximate surface area is 415 Å². The Bertz CT molecular complexity index is 3140. The number of benzene rings is 4. The summed E-state index contributed by atoms with van der Waals surface area (Å²) >= 11 is 1.44. The minimum absolute atomic E-state index is 0.0465. The molecule has 0 spiro atoms. The summed E-state index contributed by atoms with van der Waals surface area (Å²) in [7, 11) is 1.92. The standard InChI is InChI=1S/C55H57N9O6S/c1-61-46-30-39(13-14-42(46)51(60-61)43-15-17-49(65)58-53(43)67)63-25-20-35(21-26-63)31-62-23-18-34(19-24-62)28-36-6-4-8-40(29-36)70-33-38-12-16-48(57-50(38)54(68)69)64-27-22-37-7-5-9-41(44(37)32-64)52(66)59-55-56-45-10-2-3-11-47(45)71-55/h2-14,16,29-30,34-35,43H,15,17-28,31-33H2,1H3,(H,68,69)(H,56,59,66)(H,58,65,67). The Hall–Kier alpha value is -7.17. The van der Waals surface area contributed by atoms with Crippen molar-refractivity contribution < 1.29 is 29.0 Å². The maximum Gasteiger partial charge on any atom is 0.354 e. The molecule has 1 unspecified atom stereocenters. The van der Waals surface area contributed by atoms with Crippen molar-refractivity contribution in [2.45, 2.75) is 70.4 Å². The molecule has 15 nitrogen and oxygen atoms in total. The fourth-order valence-corrected chi connectivity index (χ4v) is 11.9. The zero-order chi connectivity index (χ0) is 48.6. The van der Waals surface area contributed by atoms with Gasteiger partial charge in [-0.25, -0.2) is 14.8 Å². The number of hydrogen-bond donors (Lipinski definition) is 3. The van der Waals surface area contributed by atoms with Gasteiger partial charge in [0.15, 0.2) is 10.8 Å². The number of hydrogen-bond acceptors (Lipinski definition) is 12. The Morgan fingerprint density at radius 2 is 1.65 bits per heavy atom. The second kappa shape index (κ2) is 19.9. The summed E-state index contributed by atoms with van der Waals surface area (Å²) in [4.78, 5) is 66.9. The first kappa shape index (κ1) is 46.2. The van der Waals surface area contributed by atoms with Crippen LogP contribution in [-0.2, 0) is 42.6 Å². The number of para-hydroxylation sites is 1. The Kier molecular flexibility index (Phi) is 13.0. The van der Waals surface area contributed by atoms with Crippen molar-refractivity contribution in [2.75, 3.05) is 54.4 Å². The summed E-state index contributed by atoms with van der Waals surface area (Å²) in [5.74, 6) is 0.262. The fraction of sp³-hybridized carbons (Fsp3) is 0.364. The number of ether oxygens (including phenoxy) is 1. The van der Waals surface area contributed by atoms with Crippen molar-refractivity contribution in [1.29, 1.82) is 0 Å². The van der Waals surface area contributed by atoms with Crippen LogP contribution in [0.1, 0.15) is 93.2 Å². The van der Waals surface area contributed by atoms with Crippen LogP contribution in [0.2, 0.25) is 0 Å². The lowest BCUT2D eigenvalue weighted by molar-refractivity contribution is -0.134. The minimum atomic E-state index is -1.12. The van der Waals surface area contributed by atoms with Gasteiger partial charge in [-0.2, -0.15) is 5.10 Å². The number of carboxylic acids is 1. The van der Waals surface area contributed by atoms with Crippen molar-refractivity contribution in [1.82, 2.24) is 30.0 Å². The van der Waals surface area contributed by atoms with Crippen LogP contribution in [0.15, 0.2) is 97.1 Å². The van der Waals surface area contributed by atoms with Gasteiger partial charge in [0.1, 0.15) is 18.2 Å². The molecule has 11 rings (SSSR count). The van der Waals surface area contributed by atoms with Crippen LogP contribution in [0.4, 0.5) is 16.6 Å². The minimum Gasteiger partial charge on any atom is -0.489 e. The molecule has 0 saturated carbocycles. The summed E-state index contributed by atoms with van der Waals surface area (Å²) in [6, 6.07) is 31.8. The number of aromatic carboxylic acids is 1. The van der Waals surface area contributed by atoms with Gasteiger partial charge in [-0.1, -0.05) is 47.7 Å². The van der Waals surface area contributed by atoms with Gasteiger partial charge in [-0.05, 0) is 147 Å². The number of rotatable bonds is 13. The third-order valence-electron chi connectivity index (χ3n) is 15.0. The smallest absolute Gasteiger partial charge is 0.354 e. The first-order chi connectivity index (χ1) is 34.6. The van der Waals surface area contributed by atoms with Crippen LogP contribution in [0.25, 0.3) is 21.1 Å². The summed E-state index contributed by atoms with van der Waals surface area (Å²) < 4.78 is 9.10. The third kappa shape index (κ3) is 9.95. The average Bonchev–Trinajstić information content (AvgIpc) is 3.95. The molecular weight excluding hydrogens is 915 g/mol. The van der Waals surface area contributed by atoms with Crippen molar-refractivity contribution in [3.63, 3.8) is 0 Å². The molecule has 16 heteroatoms. The lowest BCUT2D eigenvalue weighted by Crippen LogP contribution is -2.41. The number of nitrogens with one attached hydrogen (secondary N) is 2. The number of fused-ring (bicyclic) bond motifs is 3. The van der Waals surface area contributed by atoms with E-state index in [-0.39, 0.29) is 30.0 Å². The molecule has 0 radical (unpaired) electrons. The number of piperidine rings is 3. The number of imide groups is 1. The van der Waals surface area contributed by atoms with E-state index in [9.17, 15) is 24.3 Å². The molecular formula is C55H57N9O6S. The summed E-state index contributed by atoms with van der Waals surface area (Å²) in [6.45, 7) is 6.46. The van der Waals surface area contributed by atoms with Crippen LogP contribution in [0, 0.1) is 11.8 Å². The van der Waals surface area contributed by atoms with Crippen LogP contribution in [0.3, 0.4) is 0 Å². The average molecular weight is 972 g/mol. The van der Waals surface area contributed by atoms with E-state index in [2.05, 4.69) is 60.7 Å². The number of amides is 3. The van der Waals surface area contributed by atoms with E-state index in [0.29, 0.717) is 72.0 Å². The highest BCUT2D eigenvalue weighted by atomic mass is 32.1. The second-order valence-electron chi connectivity index (χ2n) is 19.6. The number of carbonyl (C=O) groups excluding carboxylic acids is 3. The number of nitrogens with zero attached hydrogens (tertiary/aromatic N) is 7. The maximum atomic E-state index is 13.6. The van der Waals surface area contributed by atoms with E-state index in [4.69, 9.17) is 9.84 Å². The number of pyridine rings is 1. The molecule has 4 aliphatic rings. The summed E-state index contributed by atoms with van der Waals surface area (Å²) in [6.07, 6.45) is 7.08. The SMILES string of the molecule is Cn1nc(C2CCC(=O)NC2=O)c2ccc(N3CCC(CN4CCC(Cc5cccc(OCc6ccc(N7CCc8cccc(C(=O)Nc9nc%10ccccc%10s9)c8C7)nc6C(=O)O)c5)CC4)CC3)cc21. The summed E-state index contributed by atoms with van der Waals surface area (Å²) in [5.41, 5.74) is 7.98. The van der Waals surface area contributed by atoms with Crippen LogP contribution in [0.5, 0.6) is 5.75 Å². The van der Waals surface area contributed by atoms with E-state index in [1.807, 2.05) is 77.3 Å². The molecule has 1 atom stereocenters. The topological polar surface area (TPSA) is 175 Å². The van der Waals surface area contributed by atoms with Gasteiger partial charge in [0.05, 0.1) is 27.3 Å². The highest BCUT2D eigenvalue weighted by Crippen LogP contribution is 2.35. The van der Waals surface area contributed by atoms with Crippen molar-refractivity contribution in [3.8, 4) is 5.75 Å². The molecule has 4 aliphatic heterocycles. The van der Waals surface area contributed by atoms with E-state index >= 15 is 0 Å². The number of aryl methyl sites for hydroxylation is 1. The molecule has 3 N–H and O–H groups in total. The fourth-order valence-electron chi connectivity index (χ4n) is 11.1. The molecule has 364 valence electrons. The van der Waals surface area contributed by atoms with Crippen LogP contribution in [-0.4, -0.2) is 92.7 Å². The number of aromatic nitrogens is 4. The Balaban J connectivity index is 0.650. The first-order valence-electron chi connectivity index (χ1n) is 24.8. The second-order valence-corrected chi connectivity index (χ2v) is 20.6. The van der Waals surface area contributed by atoms with Crippen molar-refractivity contribution in [2.24, 2.45) is 18.9 Å². The molecule has 3 aromatic heterocycles. The highest BCUT2D eigenvalue weighted by Gasteiger charge is 2.33. The van der Waals surface area contributed by atoms with Gasteiger partial charge in [-0.15, -0.1) is 0 Å². The molecule has 7 heterocycles. The van der Waals surface area contributed by atoms with Gasteiger partial charge in [0.25, 0.3) is 5.91 Å². The van der Waals surface area contributed by atoms with Gasteiger partial charge in [-0.3, -0.25) is 29.7 Å². The predicted octanol–water partition coefficient (Wildman–Crippen LogP) is 8.36. The van der Waals surface area contributed by atoms with Crippen molar-refractivity contribution in [3.05, 3.63) is 136 Å². The highest BCUT2D eigenvalue weighted by molar-refractivity contribution is 7.22. The summed E-state index contributed by atoms with van der Waals surface area (Å²) in [5, 5.41) is 22.0. The van der Waals surface area contributed by atoms with Crippen LogP contribution < -0.4 is 25.2 Å². The van der Waals surface area contributed by atoms with Crippen LogP contribution >= 0.6 is 11.3 Å². The lowest BCUT2D eigenvalue weighted by atomic mass is 9.89. The monoisotopic (exact) mass is 971 g/mol. The predicted molar refractivity (Wildman–Crippen MR) is 274 cm³/mol. The lowest BCUT2D eigenvalue weighted by Gasteiger charge is -2.38. The first-order valence-corrected chi connectivity index (χ1v) is 25.7. The quantitative estimate of drug-likeness (QED) is 0.0944. The molecule has 3 fully saturated rings. The Morgan fingerprint density at radius 3 is 2.46 bits per heavy atom. The van der Waals surface area contributed by atoms with Gasteiger partial charge in [0.2, 0.25) is 11.8 Å². The van der Waals surface area contributed by atoms with Gasteiger partial charge >= 0.3 is 5.97 Å².